The average Bonchev–Trinajstić information content (AvgIpc) is 2.71. The average molecular weight is 417 g/mol. The number of methoxy groups -OCH3 is 1. The van der Waals surface area contributed by atoms with E-state index in [9.17, 15) is 9.59 Å². The van der Waals surface area contributed by atoms with Gasteiger partial charge >= 0.3 is 0 Å². The number of carbonyl (C=O) groups excluding carboxylic acids is 2. The van der Waals surface area contributed by atoms with E-state index >= 15 is 0 Å². The first-order valence-corrected chi connectivity index (χ1v) is 9.34. The Morgan fingerprint density at radius 1 is 0.857 bits per heavy atom. The highest BCUT2D eigenvalue weighted by Crippen LogP contribution is 2.33. The van der Waals surface area contributed by atoms with Crippen molar-refractivity contribution in [2.45, 2.75) is 0 Å². The van der Waals surface area contributed by atoms with E-state index in [4.69, 9.17) is 27.9 Å². The van der Waals surface area contributed by atoms with Gasteiger partial charge in [-0.3, -0.25) is 9.59 Å². The van der Waals surface area contributed by atoms with Gasteiger partial charge in [-0.1, -0.05) is 59.6 Å². The van der Waals surface area contributed by atoms with E-state index in [0.717, 1.165) is 10.8 Å². The summed E-state index contributed by atoms with van der Waals surface area (Å²) in [7, 11) is 1.42. The Labute approximate surface area is 172 Å². The van der Waals surface area contributed by atoms with Gasteiger partial charge in [0.25, 0.3) is 11.8 Å². The molecule has 0 aliphatic heterocycles. The first kappa shape index (κ1) is 20.0. The predicted molar refractivity (Wildman–Crippen MR) is 112 cm³/mol. The highest BCUT2D eigenvalue weighted by Gasteiger charge is 2.19. The Morgan fingerprint density at radius 3 is 2.25 bits per heavy atom. The fourth-order valence-electron chi connectivity index (χ4n) is 2.90. The van der Waals surface area contributed by atoms with E-state index in [-0.39, 0.29) is 35.3 Å². The van der Waals surface area contributed by atoms with Gasteiger partial charge in [0, 0.05) is 18.7 Å². The van der Waals surface area contributed by atoms with Crippen LogP contribution in [-0.4, -0.2) is 32.0 Å². The second-order valence-electron chi connectivity index (χ2n) is 5.98. The maximum absolute atomic E-state index is 12.5. The maximum Gasteiger partial charge on any atom is 0.256 e. The summed E-state index contributed by atoms with van der Waals surface area (Å²) in [5.74, 6) is -0.417. The number of amides is 2. The van der Waals surface area contributed by atoms with Crippen LogP contribution in [0.25, 0.3) is 10.8 Å². The molecule has 0 bridgehead atoms. The maximum atomic E-state index is 12.5. The standard InChI is InChI=1S/C21H18Cl2N2O3/c1-28-19-17(23)10-9-16(22)18(19)21(27)25-12-11-24-20(26)15-8-4-6-13-5-2-3-7-14(13)15/h2-10H,11-12H2,1H3,(H,24,26)(H,25,27). The number of carbonyl (C=O) groups is 2. The van der Waals surface area contributed by atoms with Crippen molar-refractivity contribution in [2.75, 3.05) is 20.2 Å². The van der Waals surface area contributed by atoms with Crippen molar-refractivity contribution in [1.29, 1.82) is 0 Å². The summed E-state index contributed by atoms with van der Waals surface area (Å²) < 4.78 is 5.17. The quantitative estimate of drug-likeness (QED) is 0.588. The Bertz CT molecular complexity index is 1030. The normalized spacial score (nSPS) is 10.5. The number of fused-ring (bicyclic) bond motifs is 1. The van der Waals surface area contributed by atoms with Crippen LogP contribution in [0.2, 0.25) is 10.0 Å². The lowest BCUT2D eigenvalue weighted by Crippen LogP contribution is -2.35. The van der Waals surface area contributed by atoms with E-state index < -0.39 is 5.91 Å². The molecule has 0 aromatic heterocycles. The lowest BCUT2D eigenvalue weighted by molar-refractivity contribution is 0.0927. The summed E-state index contributed by atoms with van der Waals surface area (Å²) in [6, 6.07) is 16.3. The molecule has 2 amide bonds. The summed E-state index contributed by atoms with van der Waals surface area (Å²) in [6.45, 7) is 0.482. The highest BCUT2D eigenvalue weighted by atomic mass is 35.5. The van der Waals surface area contributed by atoms with Gasteiger partial charge in [-0.2, -0.15) is 0 Å². The second-order valence-corrected chi connectivity index (χ2v) is 6.79. The Balaban J connectivity index is 1.61. The number of benzene rings is 3. The van der Waals surface area contributed by atoms with Gasteiger partial charge < -0.3 is 15.4 Å². The van der Waals surface area contributed by atoms with E-state index in [1.54, 1.807) is 12.1 Å². The predicted octanol–water partition coefficient (Wildman–Crippen LogP) is 4.32. The molecule has 0 fully saturated rings. The monoisotopic (exact) mass is 416 g/mol. The Morgan fingerprint density at radius 2 is 1.50 bits per heavy atom. The number of hydrogen-bond acceptors (Lipinski definition) is 3. The van der Waals surface area contributed by atoms with Gasteiger partial charge in [-0.15, -0.1) is 0 Å². The van der Waals surface area contributed by atoms with Crippen LogP contribution >= 0.6 is 23.2 Å². The molecule has 3 aromatic carbocycles. The molecule has 3 rings (SSSR count). The molecule has 0 saturated heterocycles. The lowest BCUT2D eigenvalue weighted by atomic mass is 10.0. The minimum absolute atomic E-state index is 0.164. The molecule has 0 spiro atoms. The summed E-state index contributed by atoms with van der Waals surface area (Å²) >= 11 is 12.1. The molecule has 0 radical (unpaired) electrons. The van der Waals surface area contributed by atoms with Crippen LogP contribution in [0.1, 0.15) is 20.7 Å². The zero-order chi connectivity index (χ0) is 20.1. The topological polar surface area (TPSA) is 67.4 Å². The third-order valence-electron chi connectivity index (χ3n) is 4.22. The molecular formula is C21H18Cl2N2O3. The Kier molecular flexibility index (Phi) is 6.39. The highest BCUT2D eigenvalue weighted by molar-refractivity contribution is 6.37. The van der Waals surface area contributed by atoms with E-state index in [2.05, 4.69) is 10.6 Å². The van der Waals surface area contributed by atoms with Crippen LogP contribution < -0.4 is 15.4 Å². The molecule has 0 aliphatic carbocycles. The number of hydrogen-bond donors (Lipinski definition) is 2. The number of ether oxygens (including phenoxy) is 1. The number of nitrogens with one attached hydrogen (secondary N) is 2. The first-order valence-electron chi connectivity index (χ1n) is 8.59. The van der Waals surface area contributed by atoms with Crippen LogP contribution in [0.4, 0.5) is 0 Å². The van der Waals surface area contributed by atoms with Crippen molar-refractivity contribution in [3.05, 3.63) is 75.8 Å². The van der Waals surface area contributed by atoms with Gasteiger partial charge in [0.1, 0.15) is 5.56 Å². The molecule has 2 N–H and O–H groups in total. The molecule has 0 heterocycles. The summed E-state index contributed by atoms with van der Waals surface area (Å²) in [6.07, 6.45) is 0. The molecule has 144 valence electrons. The fraction of sp³-hybridized carbons (Fsp3) is 0.143. The minimum Gasteiger partial charge on any atom is -0.494 e. The molecule has 28 heavy (non-hydrogen) atoms. The van der Waals surface area contributed by atoms with Gasteiger partial charge in [0.15, 0.2) is 5.75 Å². The number of halogens is 2. The molecule has 3 aromatic rings. The largest absolute Gasteiger partial charge is 0.494 e. The van der Waals surface area contributed by atoms with Gasteiger partial charge in [0.05, 0.1) is 17.2 Å². The number of rotatable bonds is 6. The van der Waals surface area contributed by atoms with Gasteiger partial charge in [-0.05, 0) is 29.0 Å². The van der Waals surface area contributed by atoms with Crippen molar-refractivity contribution >= 4 is 45.8 Å². The second kappa shape index (κ2) is 8.95. The smallest absolute Gasteiger partial charge is 0.256 e. The van der Waals surface area contributed by atoms with Crippen LogP contribution in [0.3, 0.4) is 0 Å². The van der Waals surface area contributed by atoms with Crippen molar-refractivity contribution in [1.82, 2.24) is 10.6 Å². The van der Waals surface area contributed by atoms with Crippen LogP contribution in [0.15, 0.2) is 54.6 Å². The van der Waals surface area contributed by atoms with Crippen molar-refractivity contribution < 1.29 is 14.3 Å². The molecule has 0 unspecified atom stereocenters. The van der Waals surface area contributed by atoms with Gasteiger partial charge in [0.2, 0.25) is 0 Å². The minimum atomic E-state index is -0.427. The van der Waals surface area contributed by atoms with E-state index in [0.29, 0.717) is 10.6 Å². The van der Waals surface area contributed by atoms with Crippen molar-refractivity contribution in [3.8, 4) is 5.75 Å². The molecule has 7 heteroatoms. The molecule has 0 aliphatic rings. The third kappa shape index (κ3) is 4.21. The third-order valence-corrected chi connectivity index (χ3v) is 4.83. The SMILES string of the molecule is COc1c(Cl)ccc(Cl)c1C(=O)NCCNC(=O)c1cccc2ccccc12. The summed E-state index contributed by atoms with van der Waals surface area (Å²) in [4.78, 5) is 24.9. The summed E-state index contributed by atoms with van der Waals surface area (Å²) in [5.41, 5.74) is 0.751. The molecule has 0 atom stereocenters. The molecule has 5 nitrogen and oxygen atoms in total. The fourth-order valence-corrected chi connectivity index (χ4v) is 3.37. The molecular weight excluding hydrogens is 399 g/mol. The van der Waals surface area contributed by atoms with Crippen LogP contribution in [-0.2, 0) is 0 Å². The van der Waals surface area contributed by atoms with Crippen molar-refractivity contribution in [3.63, 3.8) is 0 Å². The zero-order valence-electron chi connectivity index (χ0n) is 15.1. The zero-order valence-corrected chi connectivity index (χ0v) is 16.6. The van der Waals surface area contributed by atoms with E-state index in [1.807, 2.05) is 36.4 Å². The van der Waals surface area contributed by atoms with Crippen LogP contribution in [0, 0.1) is 0 Å². The molecule has 0 saturated carbocycles. The van der Waals surface area contributed by atoms with E-state index in [1.165, 1.54) is 13.2 Å². The van der Waals surface area contributed by atoms with Crippen molar-refractivity contribution in [2.24, 2.45) is 0 Å². The summed E-state index contributed by atoms with van der Waals surface area (Å²) in [5, 5.41) is 7.91. The lowest BCUT2D eigenvalue weighted by Gasteiger charge is -2.13. The first-order chi connectivity index (χ1) is 13.5. The Hall–Kier alpha value is -2.76. The van der Waals surface area contributed by atoms with Crippen LogP contribution in [0.5, 0.6) is 5.75 Å². The van der Waals surface area contributed by atoms with Gasteiger partial charge in [-0.25, -0.2) is 0 Å².